The van der Waals surface area contributed by atoms with Crippen molar-refractivity contribution < 1.29 is 4.74 Å². The van der Waals surface area contributed by atoms with Gasteiger partial charge in [-0.25, -0.2) is 0 Å². The maximum atomic E-state index is 5.83. The van der Waals surface area contributed by atoms with Gasteiger partial charge in [-0.05, 0) is 68.8 Å². The van der Waals surface area contributed by atoms with Crippen LogP contribution in [0.2, 0.25) is 0 Å². The Morgan fingerprint density at radius 3 is 2.50 bits per heavy atom. The van der Waals surface area contributed by atoms with Crippen molar-refractivity contribution in [3.63, 3.8) is 0 Å². The first-order valence-electron chi connectivity index (χ1n) is 8.01. The summed E-state index contributed by atoms with van der Waals surface area (Å²) in [7, 11) is 0. The summed E-state index contributed by atoms with van der Waals surface area (Å²) in [4.78, 5) is 0. The maximum Gasteiger partial charge on any atom is 0.119 e. The Balaban J connectivity index is 2.24. The minimum atomic E-state index is 0.579. The fourth-order valence-corrected chi connectivity index (χ4v) is 2.30. The number of ether oxygens (including phenoxy) is 1. The zero-order chi connectivity index (χ0) is 15.0. The monoisotopic (exact) mass is 277 g/mol. The van der Waals surface area contributed by atoms with E-state index >= 15 is 0 Å². The number of unbranched alkanes of at least 4 members (excludes halogenated alkanes) is 1. The summed E-state index contributed by atoms with van der Waals surface area (Å²) in [5.41, 5.74) is 2.74. The fourth-order valence-electron chi connectivity index (χ4n) is 2.30. The maximum absolute atomic E-state index is 5.83. The molecule has 114 valence electrons. The molecule has 0 aliphatic heterocycles. The molecule has 1 N–H and O–H groups in total. The molecule has 0 saturated carbocycles. The predicted octanol–water partition coefficient (Wildman–Crippen LogP) is 4.67. The lowest BCUT2D eigenvalue weighted by molar-refractivity contribution is 0.304. The van der Waals surface area contributed by atoms with Crippen LogP contribution in [0, 0.1) is 6.92 Å². The van der Waals surface area contributed by atoms with Crippen LogP contribution in [0.4, 0.5) is 0 Å². The molecule has 0 unspecified atom stereocenters. The molecule has 2 heteroatoms. The first-order chi connectivity index (χ1) is 9.54. The summed E-state index contributed by atoms with van der Waals surface area (Å²) in [6, 6.07) is 7.08. The number of nitrogens with one attached hydrogen (secondary N) is 1. The summed E-state index contributed by atoms with van der Waals surface area (Å²) in [6.45, 7) is 13.0. The zero-order valence-electron chi connectivity index (χ0n) is 13.8. The van der Waals surface area contributed by atoms with E-state index in [1.165, 1.54) is 24.0 Å². The van der Waals surface area contributed by atoms with E-state index in [9.17, 15) is 0 Å². The van der Waals surface area contributed by atoms with Crippen LogP contribution >= 0.6 is 0 Å². The second kappa shape index (κ2) is 9.02. The van der Waals surface area contributed by atoms with Crippen LogP contribution in [-0.4, -0.2) is 19.2 Å². The summed E-state index contributed by atoms with van der Waals surface area (Å²) in [5, 5.41) is 3.50. The van der Waals surface area contributed by atoms with Crippen molar-refractivity contribution in [2.24, 2.45) is 0 Å². The van der Waals surface area contributed by atoms with Crippen molar-refractivity contribution >= 4 is 0 Å². The third-order valence-electron chi connectivity index (χ3n) is 3.81. The van der Waals surface area contributed by atoms with Gasteiger partial charge in [-0.15, -0.1) is 0 Å². The smallest absolute Gasteiger partial charge is 0.119 e. The largest absolute Gasteiger partial charge is 0.494 e. The molecule has 0 radical (unpaired) electrons. The molecule has 20 heavy (non-hydrogen) atoms. The third kappa shape index (κ3) is 5.96. The van der Waals surface area contributed by atoms with Gasteiger partial charge >= 0.3 is 0 Å². The Morgan fingerprint density at radius 2 is 1.90 bits per heavy atom. The minimum absolute atomic E-state index is 0.579. The van der Waals surface area contributed by atoms with E-state index in [0.29, 0.717) is 12.0 Å². The third-order valence-corrected chi connectivity index (χ3v) is 3.81. The molecule has 0 aliphatic rings. The van der Waals surface area contributed by atoms with Gasteiger partial charge in [-0.2, -0.15) is 0 Å². The second-order valence-electron chi connectivity index (χ2n) is 5.99. The van der Waals surface area contributed by atoms with Gasteiger partial charge in [0.15, 0.2) is 0 Å². The molecule has 2 nitrogen and oxygen atoms in total. The quantitative estimate of drug-likeness (QED) is 0.663. The topological polar surface area (TPSA) is 21.3 Å². The molecule has 1 aromatic rings. The summed E-state index contributed by atoms with van der Waals surface area (Å²) in [6.07, 6.45) is 3.47. The van der Waals surface area contributed by atoms with Crippen molar-refractivity contribution in [3.8, 4) is 5.75 Å². The lowest BCUT2D eigenvalue weighted by Crippen LogP contribution is -2.26. The van der Waals surface area contributed by atoms with Crippen LogP contribution < -0.4 is 10.1 Å². The van der Waals surface area contributed by atoms with Gasteiger partial charge in [0.25, 0.3) is 0 Å². The Morgan fingerprint density at radius 1 is 1.15 bits per heavy atom. The van der Waals surface area contributed by atoms with Gasteiger partial charge < -0.3 is 10.1 Å². The molecule has 0 saturated heterocycles. The van der Waals surface area contributed by atoms with Gasteiger partial charge in [0, 0.05) is 6.04 Å². The molecule has 0 amide bonds. The first kappa shape index (κ1) is 17.0. The summed E-state index contributed by atoms with van der Waals surface area (Å²) < 4.78 is 5.83. The molecule has 0 heterocycles. The van der Waals surface area contributed by atoms with E-state index < -0.39 is 0 Å². The van der Waals surface area contributed by atoms with Crippen molar-refractivity contribution in [2.75, 3.05) is 13.2 Å². The number of rotatable bonds is 9. The Labute approximate surface area is 124 Å². The molecule has 0 aliphatic carbocycles. The molecule has 0 spiro atoms. The van der Waals surface area contributed by atoms with Crippen LogP contribution in [0.5, 0.6) is 5.75 Å². The Kier molecular flexibility index (Phi) is 7.68. The second-order valence-corrected chi connectivity index (χ2v) is 5.99. The summed E-state index contributed by atoms with van der Waals surface area (Å²) >= 11 is 0. The molecule has 1 atom stereocenters. The average Bonchev–Trinajstić information content (AvgIpc) is 2.42. The molecule has 1 aromatic carbocycles. The zero-order valence-corrected chi connectivity index (χ0v) is 13.8. The van der Waals surface area contributed by atoms with E-state index in [-0.39, 0.29) is 0 Å². The number of aryl methyl sites for hydroxylation is 1. The Bertz CT molecular complexity index is 387. The Hall–Kier alpha value is -1.02. The molecule has 1 rings (SSSR count). The number of hydrogen-bond donors (Lipinski definition) is 1. The summed E-state index contributed by atoms with van der Waals surface area (Å²) in [5.74, 6) is 1.58. The van der Waals surface area contributed by atoms with Crippen LogP contribution in [0.1, 0.15) is 64.0 Å². The van der Waals surface area contributed by atoms with Gasteiger partial charge in [0.05, 0.1) is 6.61 Å². The normalized spacial score (nSPS) is 12.7. The van der Waals surface area contributed by atoms with Crippen molar-refractivity contribution in [1.82, 2.24) is 5.32 Å². The van der Waals surface area contributed by atoms with E-state index in [0.717, 1.165) is 25.3 Å². The van der Waals surface area contributed by atoms with Gasteiger partial charge in [-0.3, -0.25) is 0 Å². The van der Waals surface area contributed by atoms with E-state index in [1.807, 2.05) is 0 Å². The van der Waals surface area contributed by atoms with Gasteiger partial charge in [-0.1, -0.05) is 26.8 Å². The SMILES string of the molecule is CC[C@H](C)NCCCCOc1ccc(C(C)C)c(C)c1. The van der Waals surface area contributed by atoms with Crippen LogP contribution in [0.25, 0.3) is 0 Å². The highest BCUT2D eigenvalue weighted by atomic mass is 16.5. The van der Waals surface area contributed by atoms with Crippen LogP contribution in [-0.2, 0) is 0 Å². The highest BCUT2D eigenvalue weighted by Gasteiger charge is 2.04. The first-order valence-corrected chi connectivity index (χ1v) is 8.01. The van der Waals surface area contributed by atoms with Crippen molar-refractivity contribution in [2.45, 2.75) is 65.8 Å². The predicted molar refractivity (Wildman–Crippen MR) is 87.8 cm³/mol. The van der Waals surface area contributed by atoms with E-state index in [4.69, 9.17) is 4.74 Å². The van der Waals surface area contributed by atoms with Gasteiger partial charge in [0.1, 0.15) is 5.75 Å². The number of benzene rings is 1. The van der Waals surface area contributed by atoms with E-state index in [2.05, 4.69) is 58.1 Å². The van der Waals surface area contributed by atoms with Crippen LogP contribution in [0.3, 0.4) is 0 Å². The molecular formula is C18H31NO. The molecule has 0 fully saturated rings. The molecule has 0 bridgehead atoms. The van der Waals surface area contributed by atoms with Crippen molar-refractivity contribution in [1.29, 1.82) is 0 Å². The fraction of sp³-hybridized carbons (Fsp3) is 0.667. The number of hydrogen-bond acceptors (Lipinski definition) is 2. The van der Waals surface area contributed by atoms with Crippen LogP contribution in [0.15, 0.2) is 18.2 Å². The minimum Gasteiger partial charge on any atom is -0.494 e. The lowest BCUT2D eigenvalue weighted by atomic mass is 9.98. The lowest BCUT2D eigenvalue weighted by Gasteiger charge is -2.13. The van der Waals surface area contributed by atoms with Gasteiger partial charge in [0.2, 0.25) is 0 Å². The standard InChI is InChI=1S/C18H31NO/c1-6-16(5)19-11-7-8-12-20-17-9-10-18(14(2)3)15(4)13-17/h9-10,13-14,16,19H,6-8,11-12H2,1-5H3/t16-/m0/s1. The average molecular weight is 277 g/mol. The highest BCUT2D eigenvalue weighted by Crippen LogP contribution is 2.23. The molecule has 0 aromatic heterocycles. The van der Waals surface area contributed by atoms with Crippen molar-refractivity contribution in [3.05, 3.63) is 29.3 Å². The highest BCUT2D eigenvalue weighted by molar-refractivity contribution is 5.36. The molecular weight excluding hydrogens is 246 g/mol. The van der Waals surface area contributed by atoms with E-state index in [1.54, 1.807) is 0 Å².